The summed E-state index contributed by atoms with van der Waals surface area (Å²) < 4.78 is 11.0. The highest BCUT2D eigenvalue weighted by atomic mass is 35.5. The lowest BCUT2D eigenvalue weighted by Crippen LogP contribution is -2.24. The monoisotopic (exact) mass is 292 g/mol. The Morgan fingerprint density at radius 2 is 2.30 bits per heavy atom. The molecule has 20 heavy (non-hydrogen) atoms. The summed E-state index contributed by atoms with van der Waals surface area (Å²) in [5.74, 6) is 0.802. The number of benzene rings is 1. The lowest BCUT2D eigenvalue weighted by atomic mass is 10.1. The van der Waals surface area contributed by atoms with Gasteiger partial charge in [0.2, 0.25) is 0 Å². The summed E-state index contributed by atoms with van der Waals surface area (Å²) in [5.41, 5.74) is 1.86. The number of aromatic nitrogens is 1. The summed E-state index contributed by atoms with van der Waals surface area (Å²) in [6.45, 7) is 1.50. The van der Waals surface area contributed by atoms with E-state index < -0.39 is 0 Å². The van der Waals surface area contributed by atoms with Gasteiger partial charge in [0.05, 0.1) is 6.61 Å². The van der Waals surface area contributed by atoms with Gasteiger partial charge in [0.15, 0.2) is 0 Å². The Balaban J connectivity index is 1.57. The zero-order chi connectivity index (χ0) is 13.8. The largest absolute Gasteiger partial charge is 0.361 e. The van der Waals surface area contributed by atoms with Crippen molar-refractivity contribution in [2.75, 3.05) is 6.54 Å². The second-order valence-corrected chi connectivity index (χ2v) is 5.36. The van der Waals surface area contributed by atoms with Gasteiger partial charge in [-0.3, -0.25) is 5.32 Å². The first-order valence-electron chi connectivity index (χ1n) is 6.84. The maximum absolute atomic E-state index is 6.13. The quantitative estimate of drug-likeness (QED) is 0.920. The van der Waals surface area contributed by atoms with Gasteiger partial charge < -0.3 is 9.26 Å². The number of nitrogens with one attached hydrogen (secondary N) is 1. The number of hydrogen-bond donors (Lipinski definition) is 1. The van der Waals surface area contributed by atoms with Crippen LogP contribution in [0.4, 0.5) is 0 Å². The standard InChI is InChI=1S/C15H17ClN2O2/c16-14-5-2-1-4-11(14)8-13-9-12(18-20-13)10-19-15-6-3-7-17-15/h1-2,4-5,9,15,17H,3,6-8,10H2. The second kappa shape index (κ2) is 6.39. The van der Waals surface area contributed by atoms with Crippen molar-refractivity contribution in [3.05, 3.63) is 52.4 Å². The Labute approximate surface area is 123 Å². The van der Waals surface area contributed by atoms with Crippen LogP contribution in [0.1, 0.15) is 29.9 Å². The van der Waals surface area contributed by atoms with Gasteiger partial charge >= 0.3 is 0 Å². The fourth-order valence-corrected chi connectivity index (χ4v) is 2.52. The van der Waals surface area contributed by atoms with Crippen molar-refractivity contribution in [1.29, 1.82) is 0 Å². The van der Waals surface area contributed by atoms with Crippen LogP contribution in [0.2, 0.25) is 5.02 Å². The Morgan fingerprint density at radius 3 is 3.10 bits per heavy atom. The molecule has 1 atom stereocenters. The normalized spacial score (nSPS) is 18.6. The Bertz CT molecular complexity index is 565. The molecule has 106 valence electrons. The number of halogens is 1. The van der Waals surface area contributed by atoms with Crippen LogP contribution in [0.15, 0.2) is 34.9 Å². The van der Waals surface area contributed by atoms with Crippen LogP contribution in [-0.4, -0.2) is 17.9 Å². The van der Waals surface area contributed by atoms with E-state index in [4.69, 9.17) is 20.9 Å². The molecular formula is C15H17ClN2O2. The summed E-state index contributed by atoms with van der Waals surface area (Å²) in [6.07, 6.45) is 3.03. The first kappa shape index (κ1) is 13.6. The molecule has 3 rings (SSSR count). The van der Waals surface area contributed by atoms with Crippen LogP contribution in [0.25, 0.3) is 0 Å². The molecule has 1 aromatic heterocycles. The van der Waals surface area contributed by atoms with Crippen LogP contribution >= 0.6 is 11.6 Å². The van der Waals surface area contributed by atoms with E-state index in [1.165, 1.54) is 6.42 Å². The lowest BCUT2D eigenvalue weighted by molar-refractivity contribution is 0.0281. The van der Waals surface area contributed by atoms with Gasteiger partial charge in [-0.15, -0.1) is 0 Å². The maximum atomic E-state index is 6.13. The Kier molecular flexibility index (Phi) is 4.35. The average Bonchev–Trinajstić information content (AvgIpc) is 3.10. The second-order valence-electron chi connectivity index (χ2n) is 4.95. The van der Waals surface area contributed by atoms with E-state index in [-0.39, 0.29) is 6.23 Å². The first-order chi connectivity index (χ1) is 9.81. The van der Waals surface area contributed by atoms with Crippen molar-refractivity contribution in [1.82, 2.24) is 10.5 Å². The molecule has 2 aromatic rings. The molecule has 0 bridgehead atoms. The minimum atomic E-state index is 0.152. The molecular weight excluding hydrogens is 276 g/mol. The van der Waals surface area contributed by atoms with Gasteiger partial charge in [-0.1, -0.05) is 35.0 Å². The number of ether oxygens (including phenoxy) is 1. The molecule has 0 spiro atoms. The molecule has 4 nitrogen and oxygen atoms in total. The third-order valence-electron chi connectivity index (χ3n) is 3.38. The molecule has 1 aliphatic heterocycles. The molecule has 1 saturated heterocycles. The van der Waals surface area contributed by atoms with Crippen LogP contribution in [0.3, 0.4) is 0 Å². The molecule has 1 aromatic carbocycles. The zero-order valence-corrected chi connectivity index (χ0v) is 11.9. The third-order valence-corrected chi connectivity index (χ3v) is 3.75. The molecule has 1 aliphatic rings. The van der Waals surface area contributed by atoms with Gasteiger partial charge in [0.25, 0.3) is 0 Å². The van der Waals surface area contributed by atoms with Crippen molar-refractivity contribution in [3.63, 3.8) is 0 Å². The number of rotatable bonds is 5. The van der Waals surface area contributed by atoms with Crippen molar-refractivity contribution >= 4 is 11.6 Å². The molecule has 0 saturated carbocycles. The molecule has 0 aliphatic carbocycles. The molecule has 1 N–H and O–H groups in total. The summed E-state index contributed by atoms with van der Waals surface area (Å²) in [5, 5.41) is 8.06. The maximum Gasteiger partial charge on any atom is 0.141 e. The SMILES string of the molecule is Clc1ccccc1Cc1cc(COC2CCCN2)no1. The lowest BCUT2D eigenvalue weighted by Gasteiger charge is -2.09. The highest BCUT2D eigenvalue weighted by molar-refractivity contribution is 6.31. The van der Waals surface area contributed by atoms with Crippen LogP contribution in [0.5, 0.6) is 0 Å². The van der Waals surface area contributed by atoms with Crippen LogP contribution < -0.4 is 5.32 Å². The minimum absolute atomic E-state index is 0.152. The molecule has 1 unspecified atom stereocenters. The first-order valence-corrected chi connectivity index (χ1v) is 7.22. The number of hydrogen-bond acceptors (Lipinski definition) is 4. The van der Waals surface area contributed by atoms with Gasteiger partial charge in [-0.25, -0.2) is 0 Å². The summed E-state index contributed by atoms with van der Waals surface area (Å²) >= 11 is 6.13. The summed E-state index contributed by atoms with van der Waals surface area (Å²) in [6, 6.07) is 9.68. The molecule has 5 heteroatoms. The van der Waals surface area contributed by atoms with Crippen molar-refractivity contribution in [2.45, 2.75) is 32.1 Å². The Hall–Kier alpha value is -1.36. The van der Waals surface area contributed by atoms with E-state index in [9.17, 15) is 0 Å². The molecule has 0 radical (unpaired) electrons. The topological polar surface area (TPSA) is 47.3 Å². The van der Waals surface area contributed by atoms with E-state index in [2.05, 4.69) is 10.5 Å². The highest BCUT2D eigenvalue weighted by Crippen LogP contribution is 2.19. The highest BCUT2D eigenvalue weighted by Gasteiger charge is 2.15. The molecule has 2 heterocycles. The molecule has 0 amide bonds. The van der Waals surface area contributed by atoms with E-state index in [0.29, 0.717) is 13.0 Å². The number of nitrogens with zero attached hydrogens (tertiary/aromatic N) is 1. The smallest absolute Gasteiger partial charge is 0.141 e. The van der Waals surface area contributed by atoms with Crippen LogP contribution in [0, 0.1) is 0 Å². The van der Waals surface area contributed by atoms with Gasteiger partial charge in [-0.2, -0.15) is 0 Å². The van der Waals surface area contributed by atoms with Crippen molar-refractivity contribution in [3.8, 4) is 0 Å². The van der Waals surface area contributed by atoms with E-state index in [0.717, 1.165) is 35.0 Å². The van der Waals surface area contributed by atoms with Crippen LogP contribution in [-0.2, 0) is 17.8 Å². The molecule has 1 fully saturated rings. The zero-order valence-electron chi connectivity index (χ0n) is 11.1. The fourth-order valence-electron chi connectivity index (χ4n) is 2.32. The van der Waals surface area contributed by atoms with E-state index in [1.807, 2.05) is 30.3 Å². The van der Waals surface area contributed by atoms with Gasteiger partial charge in [-0.05, 0) is 31.0 Å². The predicted octanol–water partition coefficient (Wildman–Crippen LogP) is 3.14. The van der Waals surface area contributed by atoms with E-state index >= 15 is 0 Å². The Morgan fingerprint density at radius 1 is 1.40 bits per heavy atom. The summed E-state index contributed by atoms with van der Waals surface area (Å²) in [7, 11) is 0. The van der Waals surface area contributed by atoms with E-state index in [1.54, 1.807) is 0 Å². The average molecular weight is 293 g/mol. The van der Waals surface area contributed by atoms with Gasteiger partial charge in [0, 0.05) is 17.5 Å². The van der Waals surface area contributed by atoms with Gasteiger partial charge in [0.1, 0.15) is 17.7 Å². The fraction of sp³-hybridized carbons (Fsp3) is 0.400. The van der Waals surface area contributed by atoms with Crippen molar-refractivity contribution < 1.29 is 9.26 Å². The minimum Gasteiger partial charge on any atom is -0.361 e. The van der Waals surface area contributed by atoms with Crippen molar-refractivity contribution in [2.24, 2.45) is 0 Å². The summed E-state index contributed by atoms with van der Waals surface area (Å²) in [4.78, 5) is 0. The third kappa shape index (κ3) is 3.39. The predicted molar refractivity (Wildman–Crippen MR) is 76.6 cm³/mol.